The quantitative estimate of drug-likeness (QED) is 0.687. The molecule has 0 saturated carbocycles. The highest BCUT2D eigenvalue weighted by molar-refractivity contribution is 7.80. The lowest BCUT2D eigenvalue weighted by Gasteiger charge is -2.30. The van der Waals surface area contributed by atoms with Crippen molar-refractivity contribution in [1.82, 2.24) is 10.6 Å². The van der Waals surface area contributed by atoms with Crippen LogP contribution in [-0.4, -0.2) is 17.6 Å². The fraction of sp³-hybridized carbons (Fsp3) is 0.238. The molecule has 0 aliphatic carbocycles. The van der Waals surface area contributed by atoms with Crippen molar-refractivity contribution in [2.75, 3.05) is 11.9 Å². The minimum Gasteiger partial charge on any atom is -0.492 e. The van der Waals surface area contributed by atoms with Crippen molar-refractivity contribution in [2.45, 2.75) is 26.8 Å². The van der Waals surface area contributed by atoms with Crippen LogP contribution in [-0.2, 0) is 4.79 Å². The molecule has 6 heteroatoms. The molecule has 1 atom stereocenters. The van der Waals surface area contributed by atoms with E-state index in [-0.39, 0.29) is 11.9 Å². The number of rotatable bonds is 5. The van der Waals surface area contributed by atoms with E-state index in [0.29, 0.717) is 28.7 Å². The second-order valence-corrected chi connectivity index (χ2v) is 6.77. The summed E-state index contributed by atoms with van der Waals surface area (Å²) in [6, 6.07) is 15.2. The number of aryl methyl sites for hydroxylation is 1. The minimum absolute atomic E-state index is 0.201. The van der Waals surface area contributed by atoms with Gasteiger partial charge < -0.3 is 20.7 Å². The Morgan fingerprint density at radius 3 is 2.56 bits per heavy atom. The van der Waals surface area contributed by atoms with Crippen LogP contribution < -0.4 is 20.7 Å². The lowest BCUT2D eigenvalue weighted by Crippen LogP contribution is -2.45. The number of carbonyl (C=O) groups excluding carboxylic acids is 1. The number of amides is 1. The first-order valence-corrected chi connectivity index (χ1v) is 9.28. The first-order chi connectivity index (χ1) is 13.0. The third kappa shape index (κ3) is 4.28. The SMILES string of the molecule is CCOc1ccccc1NC(=O)C1=C(C)NC(=S)N[C@H]1c1ccc(C)cc1. The van der Waals surface area contributed by atoms with E-state index in [9.17, 15) is 4.79 Å². The summed E-state index contributed by atoms with van der Waals surface area (Å²) in [7, 11) is 0. The second kappa shape index (κ2) is 8.22. The fourth-order valence-corrected chi connectivity index (χ4v) is 3.32. The molecule has 0 radical (unpaired) electrons. The smallest absolute Gasteiger partial charge is 0.255 e. The van der Waals surface area contributed by atoms with E-state index in [4.69, 9.17) is 17.0 Å². The molecule has 3 rings (SSSR count). The van der Waals surface area contributed by atoms with Gasteiger partial charge in [-0.3, -0.25) is 4.79 Å². The first-order valence-electron chi connectivity index (χ1n) is 8.87. The number of ether oxygens (including phenoxy) is 1. The zero-order chi connectivity index (χ0) is 19.4. The molecule has 3 N–H and O–H groups in total. The molecule has 1 aliphatic heterocycles. The molecule has 1 amide bonds. The summed E-state index contributed by atoms with van der Waals surface area (Å²) < 4.78 is 5.61. The monoisotopic (exact) mass is 381 g/mol. The number of hydrogen-bond acceptors (Lipinski definition) is 3. The average molecular weight is 382 g/mol. The predicted molar refractivity (Wildman–Crippen MR) is 112 cm³/mol. The van der Waals surface area contributed by atoms with Gasteiger partial charge in [0.2, 0.25) is 0 Å². The average Bonchev–Trinajstić information content (AvgIpc) is 2.63. The van der Waals surface area contributed by atoms with Gasteiger partial charge in [-0.2, -0.15) is 0 Å². The molecule has 1 heterocycles. The number of para-hydroxylation sites is 2. The summed E-state index contributed by atoms with van der Waals surface area (Å²) >= 11 is 5.30. The van der Waals surface area contributed by atoms with Crippen LogP contribution in [0.25, 0.3) is 0 Å². The van der Waals surface area contributed by atoms with Crippen LogP contribution in [0.1, 0.15) is 31.0 Å². The van der Waals surface area contributed by atoms with E-state index in [1.54, 1.807) is 0 Å². The van der Waals surface area contributed by atoms with Gasteiger partial charge in [-0.25, -0.2) is 0 Å². The molecule has 2 aromatic carbocycles. The van der Waals surface area contributed by atoms with Crippen molar-refractivity contribution in [2.24, 2.45) is 0 Å². The molecule has 0 saturated heterocycles. The molecule has 27 heavy (non-hydrogen) atoms. The van der Waals surface area contributed by atoms with E-state index in [2.05, 4.69) is 16.0 Å². The van der Waals surface area contributed by atoms with Crippen LogP contribution in [0, 0.1) is 6.92 Å². The van der Waals surface area contributed by atoms with Crippen molar-refractivity contribution in [3.05, 3.63) is 70.9 Å². The van der Waals surface area contributed by atoms with E-state index >= 15 is 0 Å². The third-order valence-electron chi connectivity index (χ3n) is 4.36. The predicted octanol–water partition coefficient (Wildman–Crippen LogP) is 3.83. The standard InChI is InChI=1S/C21H23N3O2S/c1-4-26-17-8-6-5-7-16(17)23-20(25)18-14(3)22-21(27)24-19(18)15-11-9-13(2)10-12-15/h5-12,19H,4H2,1-3H3,(H,23,25)(H2,22,24,27)/t19-/m0/s1. The first kappa shape index (κ1) is 18.9. The van der Waals surface area contributed by atoms with Crippen molar-refractivity contribution >= 4 is 28.9 Å². The Morgan fingerprint density at radius 2 is 1.85 bits per heavy atom. The zero-order valence-electron chi connectivity index (χ0n) is 15.6. The molecular formula is C21H23N3O2S. The van der Waals surface area contributed by atoms with Crippen molar-refractivity contribution in [3.8, 4) is 5.75 Å². The minimum atomic E-state index is -0.321. The maximum absolute atomic E-state index is 13.1. The normalized spacial score (nSPS) is 16.4. The van der Waals surface area contributed by atoms with Crippen LogP contribution >= 0.6 is 12.2 Å². The maximum Gasteiger partial charge on any atom is 0.255 e. The Morgan fingerprint density at radius 1 is 1.15 bits per heavy atom. The highest BCUT2D eigenvalue weighted by Crippen LogP contribution is 2.30. The number of hydrogen-bond donors (Lipinski definition) is 3. The zero-order valence-corrected chi connectivity index (χ0v) is 16.4. The van der Waals surface area contributed by atoms with Gasteiger partial charge in [0.25, 0.3) is 5.91 Å². The molecule has 0 spiro atoms. The summed E-state index contributed by atoms with van der Waals surface area (Å²) in [5.41, 5.74) is 4.11. The van der Waals surface area contributed by atoms with Crippen molar-refractivity contribution in [3.63, 3.8) is 0 Å². The largest absolute Gasteiger partial charge is 0.492 e. The summed E-state index contributed by atoms with van der Waals surface area (Å²) in [4.78, 5) is 13.1. The lowest BCUT2D eigenvalue weighted by molar-refractivity contribution is -0.113. The molecule has 5 nitrogen and oxygen atoms in total. The van der Waals surface area contributed by atoms with Gasteiger partial charge in [0.1, 0.15) is 5.75 Å². The van der Waals surface area contributed by atoms with Crippen LogP contribution in [0.2, 0.25) is 0 Å². The summed E-state index contributed by atoms with van der Waals surface area (Å²) in [6.07, 6.45) is 0. The Kier molecular flexibility index (Phi) is 5.76. The van der Waals surface area contributed by atoms with E-state index in [0.717, 1.165) is 16.8 Å². The number of nitrogens with one attached hydrogen (secondary N) is 3. The Labute approximate surface area is 164 Å². The molecule has 0 aromatic heterocycles. The van der Waals surface area contributed by atoms with Gasteiger partial charge in [-0.15, -0.1) is 0 Å². The number of thiocarbonyl (C=S) groups is 1. The van der Waals surface area contributed by atoms with Gasteiger partial charge in [-0.05, 0) is 50.7 Å². The second-order valence-electron chi connectivity index (χ2n) is 6.36. The van der Waals surface area contributed by atoms with Crippen LogP contribution in [0.15, 0.2) is 59.8 Å². The molecule has 140 valence electrons. The number of carbonyl (C=O) groups is 1. The van der Waals surface area contributed by atoms with E-state index < -0.39 is 0 Å². The third-order valence-corrected chi connectivity index (χ3v) is 4.58. The molecule has 1 aliphatic rings. The highest BCUT2D eigenvalue weighted by Gasteiger charge is 2.30. The van der Waals surface area contributed by atoms with Crippen LogP contribution in [0.3, 0.4) is 0 Å². The van der Waals surface area contributed by atoms with Crippen LogP contribution in [0.4, 0.5) is 5.69 Å². The number of allylic oxidation sites excluding steroid dienone is 1. The summed E-state index contributed by atoms with van der Waals surface area (Å²) in [6.45, 7) is 6.33. The fourth-order valence-electron chi connectivity index (χ4n) is 3.04. The molecule has 0 bridgehead atoms. The van der Waals surface area contributed by atoms with Gasteiger partial charge >= 0.3 is 0 Å². The van der Waals surface area contributed by atoms with Crippen molar-refractivity contribution < 1.29 is 9.53 Å². The van der Waals surface area contributed by atoms with Gasteiger partial charge in [-0.1, -0.05) is 42.0 Å². The van der Waals surface area contributed by atoms with Gasteiger partial charge in [0.05, 0.1) is 23.9 Å². The highest BCUT2D eigenvalue weighted by atomic mass is 32.1. The van der Waals surface area contributed by atoms with Gasteiger partial charge in [0.15, 0.2) is 5.11 Å². The number of benzene rings is 2. The molecule has 2 aromatic rings. The number of anilines is 1. The van der Waals surface area contributed by atoms with Gasteiger partial charge in [0, 0.05) is 5.70 Å². The Bertz CT molecular complexity index is 891. The topological polar surface area (TPSA) is 62.4 Å². The Hall–Kier alpha value is -2.86. The van der Waals surface area contributed by atoms with Crippen molar-refractivity contribution in [1.29, 1.82) is 0 Å². The molecule has 0 unspecified atom stereocenters. The lowest BCUT2D eigenvalue weighted by atomic mass is 9.94. The van der Waals surface area contributed by atoms with E-state index in [1.807, 2.05) is 69.3 Å². The summed E-state index contributed by atoms with van der Waals surface area (Å²) in [5, 5.41) is 9.74. The molecule has 0 fully saturated rings. The Balaban J connectivity index is 1.93. The summed E-state index contributed by atoms with van der Waals surface area (Å²) in [5.74, 6) is 0.443. The van der Waals surface area contributed by atoms with Crippen LogP contribution in [0.5, 0.6) is 5.75 Å². The molecular weight excluding hydrogens is 358 g/mol. The maximum atomic E-state index is 13.1. The van der Waals surface area contributed by atoms with E-state index in [1.165, 1.54) is 0 Å².